The van der Waals surface area contributed by atoms with Crippen LogP contribution in [0, 0.1) is 0 Å². The predicted molar refractivity (Wildman–Crippen MR) is 61.5 cm³/mol. The van der Waals surface area contributed by atoms with Gasteiger partial charge >= 0.3 is 0 Å². The number of nitrogens with one attached hydrogen (secondary N) is 1. The third-order valence-electron chi connectivity index (χ3n) is 2.23. The van der Waals surface area contributed by atoms with Crippen molar-refractivity contribution in [1.82, 2.24) is 24.6 Å². The van der Waals surface area contributed by atoms with E-state index in [2.05, 4.69) is 20.5 Å². The maximum absolute atomic E-state index is 5.43. The molecule has 16 heavy (non-hydrogen) atoms. The van der Waals surface area contributed by atoms with Gasteiger partial charge in [-0.1, -0.05) is 0 Å². The molecule has 2 heterocycles. The molecule has 2 rings (SSSR count). The van der Waals surface area contributed by atoms with Crippen LogP contribution < -0.4 is 11.3 Å². The largest absolute Gasteiger partial charge is 0.308 e. The second kappa shape index (κ2) is 4.03. The zero-order valence-electron chi connectivity index (χ0n) is 9.60. The van der Waals surface area contributed by atoms with E-state index in [4.69, 9.17) is 5.84 Å². The Balaban J connectivity index is 2.56. The molecule has 86 valence electrons. The number of nitrogens with zero attached hydrogens (tertiary/aromatic N) is 5. The van der Waals surface area contributed by atoms with Crippen LogP contribution in [0.15, 0.2) is 6.20 Å². The van der Waals surface area contributed by atoms with Crippen molar-refractivity contribution < 1.29 is 0 Å². The lowest BCUT2D eigenvalue weighted by Crippen LogP contribution is -2.16. The molecule has 0 fully saturated rings. The van der Waals surface area contributed by atoms with Crippen molar-refractivity contribution in [2.75, 3.05) is 19.5 Å². The number of hydrogen-bond acceptors (Lipinski definition) is 6. The van der Waals surface area contributed by atoms with Crippen LogP contribution in [0.4, 0.5) is 5.82 Å². The fourth-order valence-electron chi connectivity index (χ4n) is 1.53. The molecule has 0 amide bonds. The van der Waals surface area contributed by atoms with Gasteiger partial charge in [-0.15, -0.1) is 0 Å². The average Bonchev–Trinajstić information content (AvgIpc) is 2.59. The van der Waals surface area contributed by atoms with Gasteiger partial charge in [0.15, 0.2) is 11.5 Å². The van der Waals surface area contributed by atoms with Crippen LogP contribution in [-0.4, -0.2) is 38.7 Å². The molecule has 0 aliphatic carbocycles. The zero-order valence-corrected chi connectivity index (χ0v) is 9.60. The molecule has 0 atom stereocenters. The van der Waals surface area contributed by atoms with Crippen LogP contribution in [0.5, 0.6) is 0 Å². The Morgan fingerprint density at radius 1 is 1.44 bits per heavy atom. The molecule has 7 nitrogen and oxygen atoms in total. The summed E-state index contributed by atoms with van der Waals surface area (Å²) in [6, 6.07) is 0. The standard InChI is InChI=1S/C9H15N7/c1-15(2)5-7-12-8(14-10)6-4-11-16(3)9(6)13-7/h4H,5,10H2,1-3H3,(H,12,13,14). The zero-order chi connectivity index (χ0) is 11.7. The quantitative estimate of drug-likeness (QED) is 0.547. The molecule has 2 aromatic heterocycles. The number of aryl methyl sites for hydroxylation is 1. The van der Waals surface area contributed by atoms with Gasteiger partial charge in [-0.3, -0.25) is 4.68 Å². The van der Waals surface area contributed by atoms with Crippen LogP contribution in [0.2, 0.25) is 0 Å². The van der Waals surface area contributed by atoms with Gasteiger partial charge in [-0.2, -0.15) is 5.10 Å². The van der Waals surface area contributed by atoms with Crippen LogP contribution in [0.3, 0.4) is 0 Å². The highest BCUT2D eigenvalue weighted by Gasteiger charge is 2.10. The van der Waals surface area contributed by atoms with Gasteiger partial charge < -0.3 is 10.3 Å². The Labute approximate surface area is 93.2 Å². The third-order valence-corrected chi connectivity index (χ3v) is 2.23. The van der Waals surface area contributed by atoms with Gasteiger partial charge in [-0.25, -0.2) is 15.8 Å². The molecular weight excluding hydrogens is 206 g/mol. The van der Waals surface area contributed by atoms with Crippen molar-refractivity contribution in [3.63, 3.8) is 0 Å². The first kappa shape index (κ1) is 10.8. The Bertz CT molecular complexity index is 502. The van der Waals surface area contributed by atoms with Gasteiger partial charge in [0.25, 0.3) is 0 Å². The fraction of sp³-hybridized carbons (Fsp3) is 0.444. The minimum atomic E-state index is 0.606. The van der Waals surface area contributed by atoms with E-state index in [0.717, 1.165) is 11.0 Å². The van der Waals surface area contributed by atoms with Crippen LogP contribution in [0.25, 0.3) is 11.0 Å². The van der Waals surface area contributed by atoms with Crippen LogP contribution in [-0.2, 0) is 13.6 Å². The highest BCUT2D eigenvalue weighted by molar-refractivity contribution is 5.86. The molecule has 0 saturated carbocycles. The monoisotopic (exact) mass is 221 g/mol. The Morgan fingerprint density at radius 2 is 2.19 bits per heavy atom. The Hall–Kier alpha value is -1.73. The van der Waals surface area contributed by atoms with E-state index in [1.807, 2.05) is 26.0 Å². The summed E-state index contributed by atoms with van der Waals surface area (Å²) >= 11 is 0. The van der Waals surface area contributed by atoms with E-state index < -0.39 is 0 Å². The maximum atomic E-state index is 5.43. The van der Waals surface area contributed by atoms with E-state index in [0.29, 0.717) is 18.2 Å². The second-order valence-electron chi connectivity index (χ2n) is 3.88. The third kappa shape index (κ3) is 1.82. The van der Waals surface area contributed by atoms with Gasteiger partial charge in [-0.05, 0) is 14.1 Å². The molecule has 0 aliphatic heterocycles. The SMILES string of the molecule is CN(C)Cc1nc(NN)c2cnn(C)c2n1. The minimum absolute atomic E-state index is 0.606. The first-order chi connectivity index (χ1) is 7.61. The molecular formula is C9H15N7. The second-order valence-corrected chi connectivity index (χ2v) is 3.88. The molecule has 0 aromatic carbocycles. The predicted octanol–water partition coefficient (Wildman–Crippen LogP) is -0.289. The summed E-state index contributed by atoms with van der Waals surface area (Å²) in [5.74, 6) is 6.76. The van der Waals surface area contributed by atoms with Crippen molar-refractivity contribution in [3.05, 3.63) is 12.0 Å². The lowest BCUT2D eigenvalue weighted by Gasteiger charge is -2.09. The number of rotatable bonds is 3. The number of nitrogens with two attached hydrogens (primary N) is 1. The van der Waals surface area contributed by atoms with Gasteiger partial charge in [0.1, 0.15) is 5.82 Å². The summed E-state index contributed by atoms with van der Waals surface area (Å²) < 4.78 is 1.71. The average molecular weight is 221 g/mol. The fourth-order valence-corrected chi connectivity index (χ4v) is 1.53. The lowest BCUT2D eigenvalue weighted by molar-refractivity contribution is 0.391. The van der Waals surface area contributed by atoms with Gasteiger partial charge in [0.05, 0.1) is 18.1 Å². The van der Waals surface area contributed by atoms with Crippen molar-refractivity contribution in [3.8, 4) is 0 Å². The molecule has 7 heteroatoms. The molecule has 2 aromatic rings. The lowest BCUT2D eigenvalue weighted by atomic mass is 10.4. The van der Waals surface area contributed by atoms with Gasteiger partial charge in [0, 0.05) is 7.05 Å². The number of hydrazine groups is 1. The van der Waals surface area contributed by atoms with E-state index in [1.165, 1.54) is 0 Å². The first-order valence-corrected chi connectivity index (χ1v) is 4.92. The number of fused-ring (bicyclic) bond motifs is 1. The number of aromatic nitrogens is 4. The van der Waals surface area contributed by atoms with Crippen LogP contribution in [0.1, 0.15) is 5.82 Å². The number of hydrogen-bond donors (Lipinski definition) is 2. The van der Waals surface area contributed by atoms with E-state index in [1.54, 1.807) is 10.9 Å². The highest BCUT2D eigenvalue weighted by atomic mass is 15.3. The molecule has 0 aliphatic rings. The molecule has 0 radical (unpaired) electrons. The number of nitrogen functional groups attached to an aromatic ring is 1. The summed E-state index contributed by atoms with van der Waals surface area (Å²) in [6.45, 7) is 0.663. The van der Waals surface area contributed by atoms with Crippen molar-refractivity contribution >= 4 is 16.9 Å². The molecule has 0 bridgehead atoms. The van der Waals surface area contributed by atoms with Crippen molar-refractivity contribution in [2.45, 2.75) is 6.54 Å². The minimum Gasteiger partial charge on any atom is -0.308 e. The summed E-state index contributed by atoms with van der Waals surface area (Å²) in [4.78, 5) is 10.8. The summed E-state index contributed by atoms with van der Waals surface area (Å²) in [7, 11) is 5.77. The van der Waals surface area contributed by atoms with E-state index >= 15 is 0 Å². The highest BCUT2D eigenvalue weighted by Crippen LogP contribution is 2.18. The topological polar surface area (TPSA) is 84.9 Å². The van der Waals surface area contributed by atoms with E-state index in [9.17, 15) is 0 Å². The van der Waals surface area contributed by atoms with Crippen molar-refractivity contribution in [1.29, 1.82) is 0 Å². The normalized spacial score (nSPS) is 11.3. The number of anilines is 1. The Morgan fingerprint density at radius 3 is 2.81 bits per heavy atom. The van der Waals surface area contributed by atoms with Crippen LogP contribution >= 0.6 is 0 Å². The maximum Gasteiger partial charge on any atom is 0.163 e. The molecule has 3 N–H and O–H groups in total. The molecule has 0 spiro atoms. The first-order valence-electron chi connectivity index (χ1n) is 4.92. The van der Waals surface area contributed by atoms with Crippen molar-refractivity contribution in [2.24, 2.45) is 12.9 Å². The summed E-state index contributed by atoms with van der Waals surface area (Å²) in [6.07, 6.45) is 1.70. The molecule has 0 unspecified atom stereocenters. The smallest absolute Gasteiger partial charge is 0.163 e. The van der Waals surface area contributed by atoms with E-state index in [-0.39, 0.29) is 0 Å². The summed E-state index contributed by atoms with van der Waals surface area (Å²) in [5, 5.41) is 4.96. The van der Waals surface area contributed by atoms with Gasteiger partial charge in [0.2, 0.25) is 0 Å². The molecule has 0 saturated heterocycles. The Kier molecular flexibility index (Phi) is 2.71. The summed E-state index contributed by atoms with van der Waals surface area (Å²) in [5.41, 5.74) is 3.35.